The van der Waals surface area contributed by atoms with Crippen LogP contribution in [0.15, 0.2) is 174 Å². The first-order chi connectivity index (χ1) is 26.0. The summed E-state index contributed by atoms with van der Waals surface area (Å²) in [5, 5.41) is 4.91. The summed E-state index contributed by atoms with van der Waals surface area (Å²) < 4.78 is 2.35. The number of rotatable bonds is 7. The molecule has 7 aromatic carbocycles. The standard InChI is InChI=1S/C48H39N3.C2H6/c1-5-40-42-21-10-9-18-36(42)26-29-43(40)41-28-27-38(30-32(41)2)48(49-33(3)35-16-7-6-8-17-35)50-34(4)37-19-15-20-39(31-37)51-46-24-13-11-22-44(46)45-23-12-14-25-47(45)51;1-2/h5-31,33H,1H2,2-4H3;1-2H3. The van der Waals surface area contributed by atoms with Gasteiger partial charge in [-0.2, -0.15) is 0 Å². The smallest absolute Gasteiger partial charge is 0.155 e. The second kappa shape index (κ2) is 15.5. The lowest BCUT2D eigenvalue weighted by Crippen LogP contribution is -2.07. The molecular weight excluding hydrogens is 643 g/mol. The molecule has 0 aliphatic rings. The van der Waals surface area contributed by atoms with Crippen molar-refractivity contribution in [2.75, 3.05) is 0 Å². The Hall–Kier alpha value is -6.32. The van der Waals surface area contributed by atoms with Crippen molar-refractivity contribution < 1.29 is 0 Å². The molecule has 1 unspecified atom stereocenters. The van der Waals surface area contributed by atoms with Gasteiger partial charge in [-0.05, 0) is 95.3 Å². The zero-order valence-corrected chi connectivity index (χ0v) is 31.2. The number of aliphatic imine (C=N–C) groups is 2. The van der Waals surface area contributed by atoms with Gasteiger partial charge < -0.3 is 4.57 Å². The molecule has 0 spiro atoms. The van der Waals surface area contributed by atoms with Gasteiger partial charge in [0.2, 0.25) is 0 Å². The summed E-state index contributed by atoms with van der Waals surface area (Å²) in [6, 6.07) is 55.7. The zero-order chi connectivity index (χ0) is 36.9. The van der Waals surface area contributed by atoms with Crippen LogP contribution < -0.4 is 0 Å². The number of aryl methyl sites for hydroxylation is 1. The van der Waals surface area contributed by atoms with Crippen molar-refractivity contribution in [1.29, 1.82) is 0 Å². The Kier molecular flexibility index (Phi) is 10.3. The first kappa shape index (κ1) is 35.1. The molecule has 0 amide bonds. The molecule has 0 saturated carbocycles. The van der Waals surface area contributed by atoms with Crippen LogP contribution in [-0.4, -0.2) is 16.1 Å². The molecule has 8 aromatic rings. The maximum Gasteiger partial charge on any atom is 0.155 e. The van der Waals surface area contributed by atoms with E-state index in [1.165, 1.54) is 43.7 Å². The SMILES string of the molecule is C=Cc1c(-c2ccc(C(N=C(C)c3cccc(-n4c5ccccc5c5ccccc54)c3)=NC(C)c3ccccc3)cc2C)ccc2ccccc12.CC. The third-order valence-electron chi connectivity index (χ3n) is 9.92. The highest BCUT2D eigenvalue weighted by molar-refractivity contribution is 6.13. The highest BCUT2D eigenvalue weighted by atomic mass is 15.0. The Morgan fingerprint density at radius 1 is 0.623 bits per heavy atom. The molecular formula is C50H45N3. The van der Waals surface area contributed by atoms with Crippen LogP contribution in [0.5, 0.6) is 0 Å². The van der Waals surface area contributed by atoms with Crippen molar-refractivity contribution in [3.63, 3.8) is 0 Å². The average molecular weight is 688 g/mol. The maximum atomic E-state index is 5.29. The van der Waals surface area contributed by atoms with Crippen LogP contribution >= 0.6 is 0 Å². The lowest BCUT2D eigenvalue weighted by Gasteiger charge is -2.15. The first-order valence-corrected chi connectivity index (χ1v) is 18.5. The van der Waals surface area contributed by atoms with E-state index in [-0.39, 0.29) is 6.04 Å². The van der Waals surface area contributed by atoms with Crippen molar-refractivity contribution in [2.45, 2.75) is 40.7 Å². The molecule has 1 heterocycles. The molecule has 0 bridgehead atoms. The van der Waals surface area contributed by atoms with Gasteiger partial charge in [0.25, 0.3) is 0 Å². The quantitative estimate of drug-likeness (QED) is 0.118. The fraction of sp³-hybridized carbons (Fsp3) is 0.120. The lowest BCUT2D eigenvalue weighted by molar-refractivity contribution is 0.818. The van der Waals surface area contributed by atoms with E-state index < -0.39 is 0 Å². The van der Waals surface area contributed by atoms with Crippen molar-refractivity contribution >= 4 is 50.2 Å². The van der Waals surface area contributed by atoms with Gasteiger partial charge in [-0.25, -0.2) is 4.99 Å². The van der Waals surface area contributed by atoms with Crippen molar-refractivity contribution in [2.24, 2.45) is 9.98 Å². The highest BCUT2D eigenvalue weighted by Gasteiger charge is 2.15. The number of aromatic nitrogens is 1. The average Bonchev–Trinajstić information content (AvgIpc) is 3.55. The van der Waals surface area contributed by atoms with E-state index in [4.69, 9.17) is 9.98 Å². The fourth-order valence-electron chi connectivity index (χ4n) is 7.31. The summed E-state index contributed by atoms with van der Waals surface area (Å²) in [6.45, 7) is 14.6. The van der Waals surface area contributed by atoms with E-state index in [1.54, 1.807) is 0 Å². The Bertz CT molecular complexity index is 2590. The third-order valence-corrected chi connectivity index (χ3v) is 9.92. The molecule has 1 aromatic heterocycles. The minimum absolute atomic E-state index is 0.0745. The van der Waals surface area contributed by atoms with Gasteiger partial charge in [0.1, 0.15) is 0 Å². The van der Waals surface area contributed by atoms with Gasteiger partial charge in [-0.1, -0.05) is 154 Å². The molecule has 260 valence electrons. The normalized spacial score (nSPS) is 12.5. The van der Waals surface area contributed by atoms with Gasteiger partial charge in [0.15, 0.2) is 5.84 Å². The number of benzene rings is 7. The number of hydrogen-bond donors (Lipinski definition) is 0. The van der Waals surface area contributed by atoms with Gasteiger partial charge in [0, 0.05) is 27.7 Å². The highest BCUT2D eigenvalue weighted by Crippen LogP contribution is 2.35. The maximum absolute atomic E-state index is 5.29. The first-order valence-electron chi connectivity index (χ1n) is 18.5. The summed E-state index contributed by atoms with van der Waals surface area (Å²) >= 11 is 0. The minimum atomic E-state index is -0.0745. The van der Waals surface area contributed by atoms with E-state index in [2.05, 4.69) is 184 Å². The van der Waals surface area contributed by atoms with Crippen LogP contribution in [0.1, 0.15) is 61.6 Å². The van der Waals surface area contributed by atoms with Crippen LogP contribution in [0.2, 0.25) is 0 Å². The van der Waals surface area contributed by atoms with Crippen LogP contribution in [0, 0.1) is 6.92 Å². The second-order valence-corrected chi connectivity index (χ2v) is 13.1. The number of hydrogen-bond acceptors (Lipinski definition) is 1. The van der Waals surface area contributed by atoms with Gasteiger partial charge in [-0.15, -0.1) is 0 Å². The molecule has 1 atom stereocenters. The Labute approximate surface area is 313 Å². The summed E-state index contributed by atoms with van der Waals surface area (Å²) in [5.41, 5.74) is 12.2. The monoisotopic (exact) mass is 687 g/mol. The Morgan fingerprint density at radius 2 is 1.25 bits per heavy atom. The van der Waals surface area contributed by atoms with Crippen molar-refractivity contribution in [3.05, 3.63) is 192 Å². The van der Waals surface area contributed by atoms with E-state index in [1.807, 2.05) is 26.0 Å². The third kappa shape index (κ3) is 6.86. The topological polar surface area (TPSA) is 29.6 Å². The van der Waals surface area contributed by atoms with E-state index >= 15 is 0 Å². The lowest BCUT2D eigenvalue weighted by atomic mass is 9.91. The van der Waals surface area contributed by atoms with E-state index in [9.17, 15) is 0 Å². The van der Waals surface area contributed by atoms with E-state index in [0.29, 0.717) is 5.84 Å². The number of para-hydroxylation sites is 2. The molecule has 0 aliphatic heterocycles. The Balaban J connectivity index is 0.00000214. The molecule has 0 aliphatic carbocycles. The molecule has 0 fully saturated rings. The molecule has 0 N–H and O–H groups in total. The van der Waals surface area contributed by atoms with Crippen LogP contribution in [0.3, 0.4) is 0 Å². The zero-order valence-electron chi connectivity index (χ0n) is 31.2. The number of amidine groups is 1. The number of nitrogens with zero attached hydrogens (tertiary/aromatic N) is 3. The Morgan fingerprint density at radius 3 is 1.92 bits per heavy atom. The van der Waals surface area contributed by atoms with Gasteiger partial charge in [0.05, 0.1) is 17.1 Å². The van der Waals surface area contributed by atoms with Crippen molar-refractivity contribution in [1.82, 2.24) is 4.57 Å². The molecule has 53 heavy (non-hydrogen) atoms. The van der Waals surface area contributed by atoms with Gasteiger partial charge in [-0.3, -0.25) is 4.99 Å². The summed E-state index contributed by atoms with van der Waals surface area (Å²) in [6.07, 6.45) is 1.97. The molecule has 0 radical (unpaired) electrons. The predicted octanol–water partition coefficient (Wildman–Crippen LogP) is 13.6. The van der Waals surface area contributed by atoms with Gasteiger partial charge >= 0.3 is 0 Å². The molecule has 3 heteroatoms. The summed E-state index contributed by atoms with van der Waals surface area (Å²) in [4.78, 5) is 10.6. The number of fused-ring (bicyclic) bond motifs is 4. The van der Waals surface area contributed by atoms with Crippen LogP contribution in [0.4, 0.5) is 0 Å². The summed E-state index contributed by atoms with van der Waals surface area (Å²) in [5.74, 6) is 0.711. The van der Waals surface area contributed by atoms with E-state index in [0.717, 1.165) is 39.2 Å². The summed E-state index contributed by atoms with van der Waals surface area (Å²) in [7, 11) is 0. The molecule has 3 nitrogen and oxygen atoms in total. The largest absolute Gasteiger partial charge is 0.309 e. The fourth-order valence-corrected chi connectivity index (χ4v) is 7.31. The van der Waals surface area contributed by atoms with Crippen LogP contribution in [0.25, 0.3) is 55.5 Å². The predicted molar refractivity (Wildman–Crippen MR) is 230 cm³/mol. The van der Waals surface area contributed by atoms with Crippen molar-refractivity contribution in [3.8, 4) is 16.8 Å². The second-order valence-electron chi connectivity index (χ2n) is 13.1. The van der Waals surface area contributed by atoms with Crippen LogP contribution in [-0.2, 0) is 0 Å². The minimum Gasteiger partial charge on any atom is -0.309 e. The molecule has 0 saturated heterocycles. The molecule has 8 rings (SSSR count).